The zero-order valence-corrected chi connectivity index (χ0v) is 10.6. The van der Waals surface area contributed by atoms with Crippen LogP contribution in [0.5, 0.6) is 5.75 Å². The van der Waals surface area contributed by atoms with Crippen LogP contribution in [0.3, 0.4) is 0 Å². The summed E-state index contributed by atoms with van der Waals surface area (Å²) in [6, 6.07) is 4.63. The molecule has 100 valence electrons. The molecule has 0 aliphatic carbocycles. The third kappa shape index (κ3) is 4.00. The van der Waals surface area contributed by atoms with Crippen LogP contribution in [-0.2, 0) is 4.79 Å². The van der Waals surface area contributed by atoms with E-state index < -0.39 is 11.5 Å². The number of rotatable bonds is 6. The molecule has 1 atom stereocenters. The molecule has 1 rings (SSSR count). The first-order valence-electron chi connectivity index (χ1n) is 5.74. The van der Waals surface area contributed by atoms with E-state index in [1.165, 1.54) is 13.0 Å². The lowest BCUT2D eigenvalue weighted by atomic mass is 9.98. The lowest BCUT2D eigenvalue weighted by Gasteiger charge is -2.18. The van der Waals surface area contributed by atoms with Crippen LogP contribution in [0, 0.1) is 12.7 Å². The molecular formula is C13H18FNO3. The number of carboxylic acids is 1. The van der Waals surface area contributed by atoms with Gasteiger partial charge in [0.1, 0.15) is 17.1 Å². The Hall–Kier alpha value is -1.62. The molecule has 0 amide bonds. The number of hydrogen-bond donors (Lipinski definition) is 2. The van der Waals surface area contributed by atoms with Crippen LogP contribution in [0.4, 0.5) is 4.39 Å². The molecule has 0 bridgehead atoms. The number of benzene rings is 1. The van der Waals surface area contributed by atoms with Crippen LogP contribution in [0.15, 0.2) is 18.2 Å². The maximum atomic E-state index is 13.2. The summed E-state index contributed by atoms with van der Waals surface area (Å²) >= 11 is 0. The van der Waals surface area contributed by atoms with Gasteiger partial charge in [0.05, 0.1) is 6.61 Å². The summed E-state index contributed by atoms with van der Waals surface area (Å²) in [6.07, 6.45) is 0.797. The molecule has 18 heavy (non-hydrogen) atoms. The third-order valence-electron chi connectivity index (χ3n) is 2.74. The fraction of sp³-hybridized carbons (Fsp3) is 0.462. The minimum absolute atomic E-state index is 0.302. The molecule has 0 spiro atoms. The largest absolute Gasteiger partial charge is 0.493 e. The quantitative estimate of drug-likeness (QED) is 0.763. The minimum Gasteiger partial charge on any atom is -0.493 e. The highest BCUT2D eigenvalue weighted by Gasteiger charge is 2.26. The van der Waals surface area contributed by atoms with E-state index in [4.69, 9.17) is 15.6 Å². The number of ether oxygens (including phenoxy) is 1. The average Bonchev–Trinajstić information content (AvgIpc) is 2.29. The lowest BCUT2D eigenvalue weighted by Crippen LogP contribution is -2.44. The van der Waals surface area contributed by atoms with Gasteiger partial charge < -0.3 is 15.6 Å². The second kappa shape index (κ2) is 5.82. The second-order valence-electron chi connectivity index (χ2n) is 4.59. The Morgan fingerprint density at radius 3 is 2.78 bits per heavy atom. The van der Waals surface area contributed by atoms with Gasteiger partial charge in [-0.1, -0.05) is 6.07 Å². The van der Waals surface area contributed by atoms with E-state index in [0.29, 0.717) is 30.8 Å². The second-order valence-corrected chi connectivity index (χ2v) is 4.59. The van der Waals surface area contributed by atoms with Crippen molar-refractivity contribution in [3.05, 3.63) is 29.6 Å². The first kappa shape index (κ1) is 14.4. The summed E-state index contributed by atoms with van der Waals surface area (Å²) < 4.78 is 18.5. The fourth-order valence-corrected chi connectivity index (χ4v) is 1.40. The number of nitrogens with two attached hydrogens (primary N) is 1. The molecule has 0 aliphatic heterocycles. The summed E-state index contributed by atoms with van der Waals surface area (Å²) in [4.78, 5) is 10.8. The van der Waals surface area contributed by atoms with Gasteiger partial charge in [0.15, 0.2) is 0 Å². The standard InChI is InChI=1S/C13H18FNO3/c1-9-4-5-10(8-11(9)14)18-7-3-6-13(2,15)12(16)17/h4-5,8H,3,6-7,15H2,1-2H3,(H,16,17). The molecule has 0 radical (unpaired) electrons. The van der Waals surface area contributed by atoms with E-state index >= 15 is 0 Å². The van der Waals surface area contributed by atoms with Gasteiger partial charge in [-0.05, 0) is 38.3 Å². The molecule has 3 N–H and O–H groups in total. The molecule has 1 unspecified atom stereocenters. The summed E-state index contributed by atoms with van der Waals surface area (Å²) in [5, 5.41) is 8.81. The highest BCUT2D eigenvalue weighted by Crippen LogP contribution is 2.17. The van der Waals surface area contributed by atoms with Crippen molar-refractivity contribution in [1.82, 2.24) is 0 Å². The van der Waals surface area contributed by atoms with Crippen LogP contribution < -0.4 is 10.5 Å². The maximum Gasteiger partial charge on any atom is 0.323 e. The summed E-state index contributed by atoms with van der Waals surface area (Å²) in [6.45, 7) is 3.44. The Morgan fingerprint density at radius 1 is 1.56 bits per heavy atom. The normalized spacial score (nSPS) is 14.0. The van der Waals surface area contributed by atoms with E-state index in [1.54, 1.807) is 19.1 Å². The van der Waals surface area contributed by atoms with Crippen molar-refractivity contribution in [2.24, 2.45) is 5.73 Å². The maximum absolute atomic E-state index is 13.2. The molecule has 0 saturated carbocycles. The SMILES string of the molecule is Cc1ccc(OCCCC(C)(N)C(=O)O)cc1F. The molecule has 0 heterocycles. The first-order chi connectivity index (χ1) is 8.33. The number of carboxylic acid groups (broad SMARTS) is 1. The average molecular weight is 255 g/mol. The highest BCUT2D eigenvalue weighted by molar-refractivity contribution is 5.77. The Kier molecular flexibility index (Phi) is 4.67. The van der Waals surface area contributed by atoms with Crippen LogP contribution in [0.2, 0.25) is 0 Å². The number of hydrogen-bond acceptors (Lipinski definition) is 3. The van der Waals surface area contributed by atoms with E-state index in [2.05, 4.69) is 0 Å². The number of aryl methyl sites for hydroxylation is 1. The van der Waals surface area contributed by atoms with Gasteiger partial charge in [-0.3, -0.25) is 4.79 Å². The predicted molar refractivity (Wildman–Crippen MR) is 66.1 cm³/mol. The summed E-state index contributed by atoms with van der Waals surface area (Å²) in [5.41, 5.74) is 4.88. The van der Waals surface area contributed by atoms with Crippen molar-refractivity contribution in [3.8, 4) is 5.75 Å². The van der Waals surface area contributed by atoms with Gasteiger partial charge >= 0.3 is 5.97 Å². The molecule has 0 saturated heterocycles. The predicted octanol–water partition coefficient (Wildman–Crippen LogP) is 2.10. The van der Waals surface area contributed by atoms with Crippen LogP contribution in [-0.4, -0.2) is 23.2 Å². The zero-order chi connectivity index (χ0) is 13.8. The van der Waals surface area contributed by atoms with Crippen molar-refractivity contribution < 1.29 is 19.0 Å². The molecule has 0 aliphatic rings. The third-order valence-corrected chi connectivity index (χ3v) is 2.74. The van der Waals surface area contributed by atoms with Gasteiger partial charge in [-0.2, -0.15) is 0 Å². The monoisotopic (exact) mass is 255 g/mol. The molecule has 5 heteroatoms. The molecule has 1 aromatic carbocycles. The molecular weight excluding hydrogens is 237 g/mol. The number of aliphatic carboxylic acids is 1. The van der Waals surface area contributed by atoms with Gasteiger partial charge in [0, 0.05) is 6.07 Å². The van der Waals surface area contributed by atoms with Crippen molar-refractivity contribution >= 4 is 5.97 Å². The molecule has 4 nitrogen and oxygen atoms in total. The fourth-order valence-electron chi connectivity index (χ4n) is 1.40. The first-order valence-corrected chi connectivity index (χ1v) is 5.74. The van der Waals surface area contributed by atoms with Crippen molar-refractivity contribution in [2.75, 3.05) is 6.61 Å². The van der Waals surface area contributed by atoms with E-state index in [1.807, 2.05) is 0 Å². The Balaban J connectivity index is 2.38. The van der Waals surface area contributed by atoms with Crippen LogP contribution in [0.1, 0.15) is 25.3 Å². The van der Waals surface area contributed by atoms with Crippen molar-refractivity contribution in [1.29, 1.82) is 0 Å². The Morgan fingerprint density at radius 2 is 2.22 bits per heavy atom. The van der Waals surface area contributed by atoms with E-state index in [0.717, 1.165) is 0 Å². The Labute approximate surface area is 106 Å². The highest BCUT2D eigenvalue weighted by atomic mass is 19.1. The van der Waals surface area contributed by atoms with Gasteiger partial charge in [0.25, 0.3) is 0 Å². The Bertz CT molecular complexity index is 432. The van der Waals surface area contributed by atoms with Gasteiger partial charge in [-0.25, -0.2) is 4.39 Å². The molecule has 0 aromatic heterocycles. The number of carbonyl (C=O) groups is 1. The van der Waals surface area contributed by atoms with Crippen LogP contribution >= 0.6 is 0 Å². The smallest absolute Gasteiger partial charge is 0.323 e. The van der Waals surface area contributed by atoms with Gasteiger partial charge in [-0.15, -0.1) is 0 Å². The number of halogens is 1. The summed E-state index contributed by atoms with van der Waals surface area (Å²) in [5.74, 6) is -0.919. The van der Waals surface area contributed by atoms with Crippen molar-refractivity contribution in [2.45, 2.75) is 32.2 Å². The van der Waals surface area contributed by atoms with Gasteiger partial charge in [0.2, 0.25) is 0 Å². The van der Waals surface area contributed by atoms with Crippen LogP contribution in [0.25, 0.3) is 0 Å². The lowest BCUT2D eigenvalue weighted by molar-refractivity contribution is -0.142. The topological polar surface area (TPSA) is 72.5 Å². The summed E-state index contributed by atoms with van der Waals surface area (Å²) in [7, 11) is 0. The minimum atomic E-state index is -1.25. The van der Waals surface area contributed by atoms with E-state index in [-0.39, 0.29) is 5.82 Å². The zero-order valence-electron chi connectivity index (χ0n) is 10.6. The van der Waals surface area contributed by atoms with E-state index in [9.17, 15) is 9.18 Å². The molecule has 1 aromatic rings. The molecule has 0 fully saturated rings. The van der Waals surface area contributed by atoms with Crippen molar-refractivity contribution in [3.63, 3.8) is 0 Å².